The first-order valence-electron chi connectivity index (χ1n) is 7.37. The number of hydrogen-bond donors (Lipinski definition) is 1. The number of benzene rings is 2. The average Bonchev–Trinajstić information content (AvgIpc) is 2.82. The minimum absolute atomic E-state index is 0.0150. The van der Waals surface area contributed by atoms with E-state index in [9.17, 15) is 4.79 Å². The second kappa shape index (κ2) is 5.92. The highest BCUT2D eigenvalue weighted by molar-refractivity contribution is 9.10. The Hall–Kier alpha value is -1.37. The van der Waals surface area contributed by atoms with E-state index in [2.05, 4.69) is 78.1 Å². The quantitative estimate of drug-likeness (QED) is 0.661. The molecule has 1 saturated heterocycles. The lowest BCUT2D eigenvalue weighted by Gasteiger charge is -2.24. The standard InChI is InChI=1S/C17H14Br2N2O2/c18-10-1-3-15-13(5-10)14-6-11(19)2-4-16(14)21(15)8-12-7-20-17(22)9-23-12/h1-6,12H,7-9H2,(H,20,22). The van der Waals surface area contributed by atoms with Crippen molar-refractivity contribution in [1.29, 1.82) is 0 Å². The van der Waals surface area contributed by atoms with Gasteiger partial charge in [0.25, 0.3) is 0 Å². The van der Waals surface area contributed by atoms with E-state index in [-0.39, 0.29) is 18.6 Å². The first kappa shape index (κ1) is 15.2. The van der Waals surface area contributed by atoms with Crippen molar-refractivity contribution in [3.63, 3.8) is 0 Å². The fourth-order valence-corrected chi connectivity index (χ4v) is 3.82. The lowest BCUT2D eigenvalue weighted by molar-refractivity contribution is -0.133. The minimum Gasteiger partial charge on any atom is -0.365 e. The number of amides is 1. The summed E-state index contributed by atoms with van der Waals surface area (Å²) < 4.78 is 10.0. The molecule has 1 aliphatic heterocycles. The number of hydrogen-bond acceptors (Lipinski definition) is 2. The first-order chi connectivity index (χ1) is 11.1. The molecule has 118 valence electrons. The summed E-state index contributed by atoms with van der Waals surface area (Å²) in [6.45, 7) is 1.40. The summed E-state index contributed by atoms with van der Waals surface area (Å²) in [6, 6.07) is 12.6. The zero-order valence-corrected chi connectivity index (χ0v) is 15.4. The molecule has 1 N–H and O–H groups in total. The number of fused-ring (bicyclic) bond motifs is 3. The van der Waals surface area contributed by atoms with E-state index in [0.717, 1.165) is 8.95 Å². The number of carbonyl (C=O) groups is 1. The van der Waals surface area contributed by atoms with Gasteiger partial charge in [0.1, 0.15) is 6.61 Å². The van der Waals surface area contributed by atoms with E-state index >= 15 is 0 Å². The maximum Gasteiger partial charge on any atom is 0.246 e. The fourth-order valence-electron chi connectivity index (χ4n) is 3.10. The number of ether oxygens (including phenoxy) is 1. The van der Waals surface area contributed by atoms with Gasteiger partial charge in [-0.1, -0.05) is 31.9 Å². The summed E-state index contributed by atoms with van der Waals surface area (Å²) in [5.74, 6) is -0.0451. The fraction of sp³-hybridized carbons (Fsp3) is 0.235. The molecule has 0 saturated carbocycles. The monoisotopic (exact) mass is 436 g/mol. The Morgan fingerprint density at radius 1 is 1.09 bits per heavy atom. The SMILES string of the molecule is O=C1COC(Cn2c3ccc(Br)cc3c3cc(Br)ccc32)CN1. The third-order valence-electron chi connectivity index (χ3n) is 4.15. The van der Waals surface area contributed by atoms with Crippen molar-refractivity contribution >= 4 is 59.6 Å². The van der Waals surface area contributed by atoms with Crippen LogP contribution in [-0.4, -0.2) is 29.7 Å². The highest BCUT2D eigenvalue weighted by Crippen LogP contribution is 2.33. The third-order valence-corrected chi connectivity index (χ3v) is 5.14. The second-order valence-electron chi connectivity index (χ2n) is 5.67. The van der Waals surface area contributed by atoms with E-state index in [4.69, 9.17) is 4.74 Å². The molecule has 1 unspecified atom stereocenters. The molecule has 1 fully saturated rings. The number of rotatable bonds is 2. The van der Waals surface area contributed by atoms with E-state index in [1.807, 2.05) is 0 Å². The molecule has 0 spiro atoms. The summed E-state index contributed by atoms with van der Waals surface area (Å²) in [5.41, 5.74) is 2.34. The van der Waals surface area contributed by atoms with Gasteiger partial charge >= 0.3 is 0 Å². The second-order valence-corrected chi connectivity index (χ2v) is 7.50. The molecule has 23 heavy (non-hydrogen) atoms. The molecule has 3 aromatic rings. The van der Waals surface area contributed by atoms with Gasteiger partial charge in [-0.2, -0.15) is 0 Å². The van der Waals surface area contributed by atoms with E-state index < -0.39 is 0 Å². The number of carbonyl (C=O) groups excluding carboxylic acids is 1. The predicted octanol–water partition coefficient (Wildman–Crippen LogP) is 3.83. The van der Waals surface area contributed by atoms with Gasteiger partial charge in [0.2, 0.25) is 5.91 Å². The number of aromatic nitrogens is 1. The number of nitrogens with zero attached hydrogens (tertiary/aromatic N) is 1. The van der Waals surface area contributed by atoms with Crippen molar-refractivity contribution in [3.8, 4) is 0 Å². The van der Waals surface area contributed by atoms with Crippen LogP contribution in [0.25, 0.3) is 21.8 Å². The molecule has 1 aliphatic rings. The highest BCUT2D eigenvalue weighted by Gasteiger charge is 2.21. The van der Waals surface area contributed by atoms with Crippen LogP contribution in [-0.2, 0) is 16.1 Å². The van der Waals surface area contributed by atoms with Gasteiger partial charge < -0.3 is 14.6 Å². The molecule has 0 radical (unpaired) electrons. The van der Waals surface area contributed by atoms with Crippen LogP contribution >= 0.6 is 31.9 Å². The molecule has 0 aliphatic carbocycles. The topological polar surface area (TPSA) is 43.3 Å². The Kier molecular flexibility index (Phi) is 3.91. The van der Waals surface area contributed by atoms with Crippen LogP contribution in [0.1, 0.15) is 0 Å². The van der Waals surface area contributed by atoms with Crippen LogP contribution in [0.5, 0.6) is 0 Å². The Bertz CT molecular complexity index is 850. The number of halogens is 2. The predicted molar refractivity (Wildman–Crippen MR) is 97.6 cm³/mol. The number of nitrogens with one attached hydrogen (secondary N) is 1. The lowest BCUT2D eigenvalue weighted by Crippen LogP contribution is -2.44. The van der Waals surface area contributed by atoms with Gasteiger partial charge in [-0.25, -0.2) is 0 Å². The largest absolute Gasteiger partial charge is 0.365 e. The van der Waals surface area contributed by atoms with Crippen LogP contribution in [0.15, 0.2) is 45.3 Å². The third kappa shape index (κ3) is 2.79. The lowest BCUT2D eigenvalue weighted by atomic mass is 10.2. The van der Waals surface area contributed by atoms with Crippen LogP contribution in [0.4, 0.5) is 0 Å². The van der Waals surface area contributed by atoms with Gasteiger partial charge in [-0.15, -0.1) is 0 Å². The molecule has 0 bridgehead atoms. The Morgan fingerprint density at radius 2 is 1.70 bits per heavy atom. The smallest absolute Gasteiger partial charge is 0.246 e. The normalized spacial score (nSPS) is 18.5. The van der Waals surface area contributed by atoms with Gasteiger partial charge in [0.15, 0.2) is 0 Å². The summed E-state index contributed by atoms with van der Waals surface area (Å²) in [7, 11) is 0. The van der Waals surface area contributed by atoms with Crippen molar-refractivity contribution in [2.75, 3.05) is 13.2 Å². The van der Waals surface area contributed by atoms with Gasteiger partial charge in [-0.05, 0) is 36.4 Å². The Labute approximate surface area is 150 Å². The molecule has 1 atom stereocenters. The average molecular weight is 438 g/mol. The summed E-state index contributed by atoms with van der Waals surface area (Å²) >= 11 is 7.12. The van der Waals surface area contributed by atoms with Gasteiger partial charge in [0.05, 0.1) is 12.6 Å². The van der Waals surface area contributed by atoms with Crippen molar-refractivity contribution in [1.82, 2.24) is 9.88 Å². The van der Waals surface area contributed by atoms with Crippen molar-refractivity contribution < 1.29 is 9.53 Å². The Morgan fingerprint density at radius 3 is 2.22 bits per heavy atom. The molecule has 4 nitrogen and oxygen atoms in total. The molecule has 1 amide bonds. The highest BCUT2D eigenvalue weighted by atomic mass is 79.9. The van der Waals surface area contributed by atoms with Gasteiger partial charge in [-0.3, -0.25) is 4.79 Å². The van der Waals surface area contributed by atoms with Crippen molar-refractivity contribution in [2.45, 2.75) is 12.6 Å². The molecule has 2 aromatic carbocycles. The van der Waals surface area contributed by atoms with Crippen LogP contribution in [0.2, 0.25) is 0 Å². The van der Waals surface area contributed by atoms with Crippen LogP contribution in [0, 0.1) is 0 Å². The van der Waals surface area contributed by atoms with Crippen LogP contribution < -0.4 is 5.32 Å². The van der Waals surface area contributed by atoms with Gasteiger partial charge in [0, 0.05) is 37.3 Å². The van der Waals surface area contributed by atoms with Crippen LogP contribution in [0.3, 0.4) is 0 Å². The number of morpholine rings is 1. The first-order valence-corrected chi connectivity index (χ1v) is 8.96. The molecule has 2 heterocycles. The summed E-state index contributed by atoms with van der Waals surface area (Å²) in [5, 5.41) is 5.27. The summed E-state index contributed by atoms with van der Waals surface area (Å²) in [4.78, 5) is 11.3. The van der Waals surface area contributed by atoms with E-state index in [0.29, 0.717) is 13.1 Å². The summed E-state index contributed by atoms with van der Waals surface area (Å²) in [6.07, 6.45) is -0.0150. The van der Waals surface area contributed by atoms with E-state index in [1.54, 1.807) is 0 Å². The van der Waals surface area contributed by atoms with Crippen molar-refractivity contribution in [2.24, 2.45) is 0 Å². The Balaban J connectivity index is 1.85. The molecular formula is C17H14Br2N2O2. The zero-order valence-electron chi connectivity index (χ0n) is 12.2. The zero-order chi connectivity index (χ0) is 16.0. The molecule has 1 aromatic heterocycles. The molecule has 4 rings (SSSR count). The maximum absolute atomic E-state index is 11.3. The van der Waals surface area contributed by atoms with E-state index in [1.165, 1.54) is 21.8 Å². The maximum atomic E-state index is 11.3. The minimum atomic E-state index is -0.0451. The van der Waals surface area contributed by atoms with Crippen molar-refractivity contribution in [3.05, 3.63) is 45.3 Å². The molecular weight excluding hydrogens is 424 g/mol. The molecule has 6 heteroatoms.